The summed E-state index contributed by atoms with van der Waals surface area (Å²) in [7, 11) is 1.59. The van der Waals surface area contributed by atoms with Crippen molar-refractivity contribution in [1.29, 1.82) is 0 Å². The van der Waals surface area contributed by atoms with Gasteiger partial charge in [0.1, 0.15) is 6.61 Å². The molecule has 1 amide bonds. The van der Waals surface area contributed by atoms with Crippen molar-refractivity contribution in [3.63, 3.8) is 0 Å². The molecule has 0 aromatic heterocycles. The van der Waals surface area contributed by atoms with Crippen molar-refractivity contribution in [3.8, 4) is 0 Å². The van der Waals surface area contributed by atoms with Gasteiger partial charge in [-0.25, -0.2) is 0 Å². The van der Waals surface area contributed by atoms with E-state index in [-0.39, 0.29) is 12.5 Å². The van der Waals surface area contributed by atoms with Crippen molar-refractivity contribution < 1.29 is 14.3 Å². The Morgan fingerprint density at radius 1 is 1.46 bits per heavy atom. The highest BCUT2D eigenvalue weighted by atomic mass is 16.5. The first-order valence-electron chi connectivity index (χ1n) is 4.25. The Morgan fingerprint density at radius 3 is 2.85 bits per heavy atom. The van der Waals surface area contributed by atoms with Gasteiger partial charge in [-0.2, -0.15) is 0 Å². The minimum atomic E-state index is -0.103. The van der Waals surface area contributed by atoms with Crippen LogP contribution in [0.1, 0.15) is 6.92 Å². The van der Waals surface area contributed by atoms with Crippen molar-refractivity contribution in [1.82, 2.24) is 5.32 Å². The molecule has 0 aliphatic heterocycles. The van der Waals surface area contributed by atoms with Crippen LogP contribution in [0.5, 0.6) is 0 Å². The van der Waals surface area contributed by atoms with Gasteiger partial charge < -0.3 is 14.8 Å². The van der Waals surface area contributed by atoms with E-state index in [4.69, 9.17) is 9.47 Å². The number of ether oxygens (including phenoxy) is 2. The smallest absolute Gasteiger partial charge is 0.246 e. The average Bonchev–Trinajstić information content (AvgIpc) is 2.13. The third-order valence-corrected chi connectivity index (χ3v) is 1.32. The summed E-state index contributed by atoms with van der Waals surface area (Å²) in [4.78, 5) is 11.0. The largest absolute Gasteiger partial charge is 0.382 e. The van der Waals surface area contributed by atoms with Crippen molar-refractivity contribution >= 4 is 5.91 Å². The van der Waals surface area contributed by atoms with E-state index in [0.717, 1.165) is 0 Å². The standard InChI is InChI=1S/C9H17NO3/c1-3-4-5-10-9(11)8-13-7-6-12-2/h3-4H,5-8H2,1-2H3,(H,10,11)/b4-3-. The lowest BCUT2D eigenvalue weighted by molar-refractivity contribution is -0.125. The summed E-state index contributed by atoms with van der Waals surface area (Å²) < 4.78 is 9.76. The van der Waals surface area contributed by atoms with Crippen LogP contribution >= 0.6 is 0 Å². The Hall–Kier alpha value is -0.870. The molecule has 4 nitrogen and oxygen atoms in total. The van der Waals surface area contributed by atoms with Crippen LogP contribution < -0.4 is 5.32 Å². The van der Waals surface area contributed by atoms with E-state index in [1.807, 2.05) is 19.1 Å². The topological polar surface area (TPSA) is 47.6 Å². The molecule has 0 spiro atoms. The van der Waals surface area contributed by atoms with Gasteiger partial charge in [0.05, 0.1) is 13.2 Å². The van der Waals surface area contributed by atoms with Crippen LogP contribution in [0.15, 0.2) is 12.2 Å². The number of nitrogens with one attached hydrogen (secondary N) is 1. The molecule has 0 rings (SSSR count). The summed E-state index contributed by atoms with van der Waals surface area (Å²) in [6.07, 6.45) is 3.75. The van der Waals surface area contributed by atoms with Crippen LogP contribution in [0.3, 0.4) is 0 Å². The molecule has 0 atom stereocenters. The van der Waals surface area contributed by atoms with Crippen LogP contribution in [0.25, 0.3) is 0 Å². The summed E-state index contributed by atoms with van der Waals surface area (Å²) in [6, 6.07) is 0. The lowest BCUT2D eigenvalue weighted by Gasteiger charge is -2.03. The first-order chi connectivity index (χ1) is 6.31. The molecule has 0 aliphatic rings. The Kier molecular flexibility index (Phi) is 8.60. The number of carbonyl (C=O) groups excluding carboxylic acids is 1. The summed E-state index contributed by atoms with van der Waals surface area (Å²) in [5.41, 5.74) is 0. The second-order valence-electron chi connectivity index (χ2n) is 2.42. The monoisotopic (exact) mass is 187 g/mol. The fourth-order valence-corrected chi connectivity index (χ4v) is 0.649. The molecular weight excluding hydrogens is 170 g/mol. The third-order valence-electron chi connectivity index (χ3n) is 1.32. The molecule has 0 unspecified atom stereocenters. The molecule has 0 bridgehead atoms. The van der Waals surface area contributed by atoms with Crippen molar-refractivity contribution in [3.05, 3.63) is 12.2 Å². The summed E-state index contributed by atoms with van der Waals surface area (Å²) in [6.45, 7) is 3.53. The molecule has 0 radical (unpaired) electrons. The van der Waals surface area contributed by atoms with E-state index in [9.17, 15) is 4.79 Å². The molecule has 0 heterocycles. The first-order valence-corrected chi connectivity index (χ1v) is 4.25. The minimum Gasteiger partial charge on any atom is -0.382 e. The highest BCUT2D eigenvalue weighted by Crippen LogP contribution is 1.77. The van der Waals surface area contributed by atoms with E-state index in [0.29, 0.717) is 19.8 Å². The zero-order valence-corrected chi connectivity index (χ0v) is 8.21. The Balaban J connectivity index is 3.20. The van der Waals surface area contributed by atoms with Crippen LogP contribution in [0, 0.1) is 0 Å². The average molecular weight is 187 g/mol. The number of rotatable bonds is 7. The quantitative estimate of drug-likeness (QED) is 0.462. The van der Waals surface area contributed by atoms with Gasteiger partial charge in [-0.15, -0.1) is 0 Å². The maximum absolute atomic E-state index is 11.0. The minimum absolute atomic E-state index is 0.0981. The zero-order valence-electron chi connectivity index (χ0n) is 8.21. The summed E-state index contributed by atoms with van der Waals surface area (Å²) in [5.74, 6) is -0.103. The lowest BCUT2D eigenvalue weighted by Crippen LogP contribution is -2.28. The molecule has 0 saturated carbocycles. The van der Waals surface area contributed by atoms with Gasteiger partial charge in [-0.1, -0.05) is 12.2 Å². The molecule has 0 aliphatic carbocycles. The second kappa shape index (κ2) is 9.22. The van der Waals surface area contributed by atoms with Crippen LogP contribution in [-0.4, -0.2) is 39.4 Å². The lowest BCUT2D eigenvalue weighted by atomic mass is 10.5. The number of hydrogen-bond donors (Lipinski definition) is 1. The number of carbonyl (C=O) groups is 1. The highest BCUT2D eigenvalue weighted by Gasteiger charge is 1.97. The molecule has 0 saturated heterocycles. The predicted molar refractivity (Wildman–Crippen MR) is 50.5 cm³/mol. The zero-order chi connectivity index (χ0) is 9.94. The molecule has 76 valence electrons. The molecule has 0 aromatic carbocycles. The highest BCUT2D eigenvalue weighted by molar-refractivity contribution is 5.77. The van der Waals surface area contributed by atoms with Crippen molar-refractivity contribution in [2.75, 3.05) is 33.5 Å². The van der Waals surface area contributed by atoms with E-state index >= 15 is 0 Å². The van der Waals surface area contributed by atoms with Crippen molar-refractivity contribution in [2.24, 2.45) is 0 Å². The second-order valence-corrected chi connectivity index (χ2v) is 2.42. The van der Waals surface area contributed by atoms with Gasteiger partial charge in [-0.3, -0.25) is 4.79 Å². The normalized spacial score (nSPS) is 10.6. The van der Waals surface area contributed by atoms with Gasteiger partial charge in [0.15, 0.2) is 0 Å². The predicted octanol–water partition coefficient (Wildman–Crippen LogP) is 0.342. The Morgan fingerprint density at radius 2 is 2.23 bits per heavy atom. The molecular formula is C9H17NO3. The number of hydrogen-bond acceptors (Lipinski definition) is 3. The Bertz CT molecular complexity index is 157. The summed E-state index contributed by atoms with van der Waals surface area (Å²) in [5, 5.41) is 2.67. The van der Waals surface area contributed by atoms with Crippen LogP contribution in [-0.2, 0) is 14.3 Å². The van der Waals surface area contributed by atoms with E-state index in [1.54, 1.807) is 7.11 Å². The Labute approximate surface area is 78.9 Å². The summed E-state index contributed by atoms with van der Waals surface area (Å²) >= 11 is 0. The number of amides is 1. The van der Waals surface area contributed by atoms with Gasteiger partial charge >= 0.3 is 0 Å². The number of allylic oxidation sites excluding steroid dienone is 1. The molecule has 1 N–H and O–H groups in total. The van der Waals surface area contributed by atoms with Crippen LogP contribution in [0.2, 0.25) is 0 Å². The maximum Gasteiger partial charge on any atom is 0.246 e. The molecule has 13 heavy (non-hydrogen) atoms. The van der Waals surface area contributed by atoms with Gasteiger partial charge in [0.25, 0.3) is 0 Å². The van der Waals surface area contributed by atoms with Gasteiger partial charge in [-0.05, 0) is 6.92 Å². The SMILES string of the molecule is C/C=C\CNC(=O)COCCOC. The fraction of sp³-hybridized carbons (Fsp3) is 0.667. The molecule has 0 aromatic rings. The van der Waals surface area contributed by atoms with Gasteiger partial charge in [0.2, 0.25) is 5.91 Å². The molecule has 4 heteroatoms. The maximum atomic E-state index is 11.0. The van der Waals surface area contributed by atoms with E-state index < -0.39 is 0 Å². The first kappa shape index (κ1) is 12.1. The van der Waals surface area contributed by atoms with Crippen LogP contribution in [0.4, 0.5) is 0 Å². The van der Waals surface area contributed by atoms with Gasteiger partial charge in [0, 0.05) is 13.7 Å². The third kappa shape index (κ3) is 9.04. The van der Waals surface area contributed by atoms with E-state index in [1.165, 1.54) is 0 Å². The van der Waals surface area contributed by atoms with E-state index in [2.05, 4.69) is 5.32 Å². The number of methoxy groups -OCH3 is 1. The fourth-order valence-electron chi connectivity index (χ4n) is 0.649. The van der Waals surface area contributed by atoms with Crippen molar-refractivity contribution in [2.45, 2.75) is 6.92 Å². The molecule has 0 fully saturated rings.